The van der Waals surface area contributed by atoms with Gasteiger partial charge in [-0.05, 0) is 153 Å². The number of nitrogens with zero attached hydrogens (tertiary/aromatic N) is 13. The van der Waals surface area contributed by atoms with Crippen molar-refractivity contribution in [2.45, 2.75) is 175 Å². The number of nitrogens with one attached hydrogen (secondary N) is 4. The molecule has 0 bridgehead atoms. The maximum atomic E-state index is 15.4. The van der Waals surface area contributed by atoms with Crippen LogP contribution in [0, 0.1) is 69.9 Å². The minimum atomic E-state index is -0.618. The molecule has 17 heterocycles. The highest BCUT2D eigenvalue weighted by atomic mass is 32.1. The number of rotatable bonds is 17. The monoisotopic (exact) mass is 1920 g/mol. The lowest BCUT2D eigenvalue weighted by Crippen LogP contribution is -2.43. The molecule has 12 atom stereocenters. The number of carbonyl (C=O) groups is 4. The third-order valence-corrected chi connectivity index (χ3v) is 32.6. The van der Waals surface area contributed by atoms with Crippen LogP contribution in [0.25, 0.3) is 41.1 Å². The number of hydrogen-bond donors (Lipinski definition) is 9. The van der Waals surface area contributed by atoms with Gasteiger partial charge in [-0.25, -0.2) is 48.7 Å². The molecule has 714 valence electrons. The highest BCUT2D eigenvalue weighted by molar-refractivity contribution is 7.22. The minimum Gasteiger partial charge on any atom is -0.488 e. The van der Waals surface area contributed by atoms with Crippen LogP contribution < -0.4 is 79.0 Å². The second-order valence-electron chi connectivity index (χ2n) is 37.8. The fraction of sp³-hybridized carbons (Fsp3) is 0.474. The summed E-state index contributed by atoms with van der Waals surface area (Å²) in [6.07, 6.45) is 8.99. The van der Waals surface area contributed by atoms with Gasteiger partial charge in [0.05, 0.1) is 75.3 Å². The van der Waals surface area contributed by atoms with Gasteiger partial charge in [0.2, 0.25) is 5.88 Å². The fourth-order valence-corrected chi connectivity index (χ4v) is 23.6. The van der Waals surface area contributed by atoms with E-state index in [4.69, 9.17) is 72.0 Å². The number of aryl methyl sites for hydroxylation is 7. The molecule has 2 aliphatic carbocycles. The molecule has 0 radical (unpaired) electrons. The van der Waals surface area contributed by atoms with Crippen molar-refractivity contribution in [1.82, 2.24) is 66.1 Å². The normalized spacial score (nSPS) is 23.9. The molecular weight excluding hydrogens is 1800 g/mol. The number of amides is 4. The first kappa shape index (κ1) is 95.2. The molecule has 4 saturated heterocycles. The van der Waals surface area contributed by atoms with Crippen molar-refractivity contribution in [2.75, 3.05) is 143 Å². The molecule has 11 aromatic heterocycles. The standard InChI is InChI=1S/C25H29F2N5O3S.2C24H30N6O2S.C24H29N5O3S/c1-11-4-12(2)30-25-19(11)21(29)23(36-25)24(33)31-14-5-15-16(26)6-18(20(27)22(15)35-10-14)32-7-13(9-34-3)17(28)8-32;2*1-13-11-30(12-24(13,3)32-4)18-8-5-15-9-16(6-7-17(15)29-18)28-22(31)21-19(25)20-23(33-21)27-14(2)10-26-20;1-13-10-29(12-24(13,3)31-4)18-8-6-15-9-16(11-32-22(15)28-18)27-21(30)20-19(25)17-7-5-14(2)26-23(17)33-20/h4,6,13-14,17H,5,7-10,28-29H2,1-3H3,(H,31,33);2*5,8,10,13,16H,6-7,9,11-12,25H2,1-4H3,(H,28,31);5-8,13,16H,9-12,25H2,1-4H3,(H,27,30)/t13-,14-,17-;13-,16+,24-;2*13-,16-,24-/m1101/s1. The predicted octanol–water partition coefficient (Wildman–Crippen LogP) is 12.3. The first-order chi connectivity index (χ1) is 64.5. The molecule has 135 heavy (non-hydrogen) atoms. The number of benzene rings is 1. The van der Waals surface area contributed by atoms with Gasteiger partial charge in [-0.2, -0.15) is 4.98 Å². The van der Waals surface area contributed by atoms with E-state index in [9.17, 15) is 19.2 Å². The van der Waals surface area contributed by atoms with Crippen molar-refractivity contribution in [3.8, 4) is 11.6 Å². The molecular formula is C97H118F2N22O10S4. The third kappa shape index (κ3) is 19.3. The van der Waals surface area contributed by atoms with Crippen LogP contribution in [0.2, 0.25) is 0 Å². The maximum Gasteiger partial charge on any atom is 0.263 e. The summed E-state index contributed by atoms with van der Waals surface area (Å²) in [6.45, 7) is 29.5. The molecule has 4 amide bonds. The smallest absolute Gasteiger partial charge is 0.263 e. The first-order valence-electron chi connectivity index (χ1n) is 45.7. The van der Waals surface area contributed by atoms with E-state index in [2.05, 4.69) is 132 Å². The number of nitrogen functional groups attached to an aromatic ring is 4. The molecule has 6 aliphatic heterocycles. The Balaban J connectivity index is 0.000000125. The van der Waals surface area contributed by atoms with Gasteiger partial charge < -0.3 is 98.0 Å². The van der Waals surface area contributed by atoms with Crippen LogP contribution in [0.4, 0.5) is 54.7 Å². The molecule has 12 aromatic rings. The van der Waals surface area contributed by atoms with Gasteiger partial charge in [-0.3, -0.25) is 19.2 Å². The van der Waals surface area contributed by atoms with E-state index in [-0.39, 0.29) is 94.6 Å². The number of anilines is 8. The number of fused-ring (bicyclic) bond motifs is 8. The SMILES string of the molecule is COC[C@H]1CN(c2cc(F)c3c(c2F)OC[C@H](NC(=O)c2sc4nc(C)cc(C)c4c2N)C3)C[C@H]1N.CO[C@@]1(C)CN(c2ccc3c(n2)CC[C@H](NC(=O)c2sc4nc(C)cnc4c2N)C3)C[C@@H]1C.CO[C@]1(C)CN(c2ccc3c(n2)CC[C@H](NC(=O)c2sc4nc(C)cnc4c2N)C3)C[C@H]1C.CO[C@]1(C)CN(c2ccc3c(n2)OC[C@H](NC(=O)c2sc4nc(C)ccc4c2N)C3)C[C@H]1C. The van der Waals surface area contributed by atoms with Crippen molar-refractivity contribution < 1.29 is 56.4 Å². The predicted molar refractivity (Wildman–Crippen MR) is 528 cm³/mol. The number of methoxy groups -OCH3 is 4. The number of aromatic nitrogens is 9. The molecule has 1 aromatic carbocycles. The van der Waals surface area contributed by atoms with Crippen LogP contribution in [0.5, 0.6) is 11.6 Å². The molecule has 0 saturated carbocycles. The van der Waals surface area contributed by atoms with Crippen LogP contribution in [0.3, 0.4) is 0 Å². The quantitative estimate of drug-likeness (QED) is 0.0409. The third-order valence-electron chi connectivity index (χ3n) is 28.2. The summed E-state index contributed by atoms with van der Waals surface area (Å²) in [6, 6.07) is 18.7. The highest BCUT2D eigenvalue weighted by Crippen LogP contribution is 2.44. The van der Waals surface area contributed by atoms with Gasteiger partial charge in [-0.15, -0.1) is 45.3 Å². The van der Waals surface area contributed by atoms with E-state index in [1.807, 2.05) is 65.0 Å². The highest BCUT2D eigenvalue weighted by Gasteiger charge is 2.46. The zero-order valence-electron chi connectivity index (χ0n) is 78.7. The number of carbonyl (C=O) groups excluding carboxylic acids is 4. The molecule has 14 N–H and O–H groups in total. The largest absolute Gasteiger partial charge is 0.488 e. The van der Waals surface area contributed by atoms with Crippen molar-refractivity contribution in [1.29, 1.82) is 0 Å². The van der Waals surface area contributed by atoms with E-state index < -0.39 is 23.6 Å². The van der Waals surface area contributed by atoms with Gasteiger partial charge in [0.25, 0.3) is 23.6 Å². The van der Waals surface area contributed by atoms with E-state index in [0.29, 0.717) is 124 Å². The van der Waals surface area contributed by atoms with Crippen molar-refractivity contribution in [3.05, 3.63) is 166 Å². The molecule has 0 spiro atoms. The van der Waals surface area contributed by atoms with Gasteiger partial charge in [0, 0.05) is 199 Å². The zero-order valence-corrected chi connectivity index (χ0v) is 82.0. The van der Waals surface area contributed by atoms with Crippen molar-refractivity contribution >= 4 is 156 Å². The van der Waals surface area contributed by atoms with Gasteiger partial charge in [0.15, 0.2) is 11.6 Å². The van der Waals surface area contributed by atoms with Crippen LogP contribution >= 0.6 is 45.3 Å². The summed E-state index contributed by atoms with van der Waals surface area (Å²) >= 11 is 5.13. The molecule has 0 unspecified atom stereocenters. The van der Waals surface area contributed by atoms with Gasteiger partial charge in [-0.1, -0.05) is 32.9 Å². The Morgan fingerprint density at radius 3 is 1.44 bits per heavy atom. The fourth-order valence-electron chi connectivity index (χ4n) is 19.4. The molecule has 8 aliphatic rings. The van der Waals surface area contributed by atoms with Crippen LogP contribution in [0.15, 0.2) is 73.1 Å². The van der Waals surface area contributed by atoms with Crippen LogP contribution in [-0.2, 0) is 57.5 Å². The summed E-state index contributed by atoms with van der Waals surface area (Å²) in [5.41, 5.74) is 43.6. The Hall–Kier alpha value is -11.5. The van der Waals surface area contributed by atoms with Gasteiger partial charge >= 0.3 is 0 Å². The molecule has 20 rings (SSSR count). The minimum absolute atomic E-state index is 0.00551. The van der Waals surface area contributed by atoms with Gasteiger partial charge in [0.1, 0.15) is 86.3 Å². The molecule has 4 fully saturated rings. The summed E-state index contributed by atoms with van der Waals surface area (Å²) < 4.78 is 64.7. The second-order valence-corrected chi connectivity index (χ2v) is 41.8. The van der Waals surface area contributed by atoms with Crippen molar-refractivity contribution in [2.24, 2.45) is 29.4 Å². The van der Waals surface area contributed by atoms with Crippen molar-refractivity contribution in [3.63, 3.8) is 0 Å². The molecule has 32 nitrogen and oxygen atoms in total. The van der Waals surface area contributed by atoms with Crippen LogP contribution in [0.1, 0.15) is 155 Å². The Bertz CT molecular complexity index is 6130. The second kappa shape index (κ2) is 38.6. The average Bonchev–Trinajstić information content (AvgIpc) is 1.71. The number of halogens is 2. The Labute approximate surface area is 798 Å². The lowest BCUT2D eigenvalue weighted by Gasteiger charge is -2.29. The topological polar surface area (TPSA) is 431 Å². The number of thiophene rings is 4. The number of hydrogen-bond acceptors (Lipinski definition) is 32. The van der Waals surface area contributed by atoms with E-state index >= 15 is 8.78 Å². The van der Waals surface area contributed by atoms with E-state index in [1.54, 1.807) is 45.7 Å². The maximum absolute atomic E-state index is 15.4. The Morgan fingerprint density at radius 2 is 0.933 bits per heavy atom. The van der Waals surface area contributed by atoms with Crippen LogP contribution in [-0.4, -0.2) is 216 Å². The lowest BCUT2D eigenvalue weighted by molar-refractivity contribution is -0.00637. The lowest BCUT2D eigenvalue weighted by atomic mass is 9.91. The number of ether oxygens (including phenoxy) is 6. The summed E-state index contributed by atoms with van der Waals surface area (Å²) in [5.74, 6) is 2.65. The van der Waals surface area contributed by atoms with E-state index in [0.717, 1.165) is 156 Å². The number of pyridine rings is 5. The van der Waals surface area contributed by atoms with E-state index in [1.165, 1.54) is 62.5 Å². The molecule has 38 heteroatoms. The Kier molecular flexibility index (Phi) is 27.2. The average molecular weight is 1920 g/mol. The zero-order chi connectivity index (χ0) is 95.7. The summed E-state index contributed by atoms with van der Waals surface area (Å²) in [5, 5.41) is 13.8. The first-order valence-corrected chi connectivity index (χ1v) is 49.0. The summed E-state index contributed by atoms with van der Waals surface area (Å²) in [4.78, 5) is 106. The number of nitrogens with two attached hydrogens (primary N) is 5. The Morgan fingerprint density at radius 1 is 0.489 bits per heavy atom. The summed E-state index contributed by atoms with van der Waals surface area (Å²) in [7, 11) is 6.93.